The van der Waals surface area contributed by atoms with Crippen LogP contribution in [0.15, 0.2) is 30.5 Å². The number of rotatable bonds is 4. The molecule has 0 bridgehead atoms. The van der Waals surface area contributed by atoms with Gasteiger partial charge in [0, 0.05) is 12.7 Å². The second-order valence-corrected chi connectivity index (χ2v) is 3.94. The van der Waals surface area contributed by atoms with Crippen molar-refractivity contribution in [2.24, 2.45) is 0 Å². The van der Waals surface area contributed by atoms with Gasteiger partial charge in [0.1, 0.15) is 5.69 Å². The molecule has 0 saturated carbocycles. The van der Waals surface area contributed by atoms with E-state index in [1.807, 2.05) is 19.1 Å². The van der Waals surface area contributed by atoms with Gasteiger partial charge in [-0.15, -0.1) is 0 Å². The summed E-state index contributed by atoms with van der Waals surface area (Å²) in [5.74, 6) is -0.217. The fraction of sp³-hybridized carbons (Fsp3) is 0.308. The van der Waals surface area contributed by atoms with Gasteiger partial charge in [0.2, 0.25) is 0 Å². The zero-order valence-electron chi connectivity index (χ0n) is 10.1. The second kappa shape index (κ2) is 5.10. The van der Waals surface area contributed by atoms with Crippen LogP contribution in [0, 0.1) is 12.7 Å². The fourth-order valence-corrected chi connectivity index (χ4v) is 1.65. The van der Waals surface area contributed by atoms with E-state index in [2.05, 4.69) is 10.4 Å². The molecule has 2 rings (SSSR count). The summed E-state index contributed by atoms with van der Waals surface area (Å²) in [6.07, 6.45) is 1.78. The smallest absolute Gasteiger partial charge is 0.151 e. The monoisotopic (exact) mass is 233 g/mol. The summed E-state index contributed by atoms with van der Waals surface area (Å²) in [6, 6.07) is 7.21. The normalized spacial score (nSPS) is 10.8. The lowest BCUT2D eigenvalue weighted by Gasteiger charge is -2.05. The summed E-state index contributed by atoms with van der Waals surface area (Å²) in [6.45, 7) is 5.39. The molecule has 0 amide bonds. The first kappa shape index (κ1) is 11.8. The predicted octanol–water partition coefficient (Wildman–Crippen LogP) is 2.43. The van der Waals surface area contributed by atoms with E-state index in [0.717, 1.165) is 12.2 Å². The Bertz CT molecular complexity index is 505. The molecule has 0 radical (unpaired) electrons. The van der Waals surface area contributed by atoms with Crippen LogP contribution >= 0.6 is 0 Å². The van der Waals surface area contributed by atoms with Gasteiger partial charge in [-0.25, -0.2) is 9.07 Å². The van der Waals surface area contributed by atoms with Crippen LogP contribution in [0.4, 0.5) is 4.39 Å². The van der Waals surface area contributed by atoms with Crippen LogP contribution in [0.5, 0.6) is 0 Å². The zero-order chi connectivity index (χ0) is 12.3. The quantitative estimate of drug-likeness (QED) is 0.879. The maximum Gasteiger partial charge on any atom is 0.151 e. The molecule has 3 nitrogen and oxygen atoms in total. The molecule has 1 aromatic heterocycles. The molecule has 0 saturated heterocycles. The Hall–Kier alpha value is -1.68. The van der Waals surface area contributed by atoms with Crippen molar-refractivity contribution in [3.05, 3.63) is 47.5 Å². The average Bonchev–Trinajstić information content (AvgIpc) is 2.78. The number of halogens is 1. The van der Waals surface area contributed by atoms with Gasteiger partial charge >= 0.3 is 0 Å². The number of nitrogens with zero attached hydrogens (tertiary/aromatic N) is 2. The average molecular weight is 233 g/mol. The van der Waals surface area contributed by atoms with Crippen LogP contribution in [-0.2, 0) is 6.54 Å². The minimum atomic E-state index is -0.217. The Morgan fingerprint density at radius 3 is 2.94 bits per heavy atom. The predicted molar refractivity (Wildman–Crippen MR) is 65.6 cm³/mol. The molecule has 0 aliphatic heterocycles. The number of hydrogen-bond acceptors (Lipinski definition) is 2. The maximum absolute atomic E-state index is 13.9. The molecule has 0 fully saturated rings. The van der Waals surface area contributed by atoms with Gasteiger partial charge in [-0.3, -0.25) is 0 Å². The summed E-state index contributed by atoms with van der Waals surface area (Å²) in [5.41, 5.74) is 2.03. The number of hydrogen-bond donors (Lipinski definition) is 1. The van der Waals surface area contributed by atoms with Gasteiger partial charge in [0.15, 0.2) is 5.82 Å². The summed E-state index contributed by atoms with van der Waals surface area (Å²) in [4.78, 5) is 0. The summed E-state index contributed by atoms with van der Waals surface area (Å²) < 4.78 is 15.5. The molecule has 0 spiro atoms. The number of aromatic nitrogens is 2. The Kier molecular flexibility index (Phi) is 3.54. The van der Waals surface area contributed by atoms with Crippen LogP contribution in [0.1, 0.15) is 18.2 Å². The van der Waals surface area contributed by atoms with Crippen molar-refractivity contribution in [2.45, 2.75) is 20.4 Å². The summed E-state index contributed by atoms with van der Waals surface area (Å²) >= 11 is 0. The minimum Gasteiger partial charge on any atom is -0.311 e. The van der Waals surface area contributed by atoms with Crippen LogP contribution < -0.4 is 5.32 Å². The van der Waals surface area contributed by atoms with Crippen molar-refractivity contribution in [3.63, 3.8) is 0 Å². The first-order valence-electron chi connectivity index (χ1n) is 5.73. The molecule has 4 heteroatoms. The first-order chi connectivity index (χ1) is 8.22. The van der Waals surface area contributed by atoms with Crippen molar-refractivity contribution in [2.75, 3.05) is 6.54 Å². The summed E-state index contributed by atoms with van der Waals surface area (Å²) in [7, 11) is 0. The largest absolute Gasteiger partial charge is 0.311 e. The van der Waals surface area contributed by atoms with E-state index >= 15 is 0 Å². The SMILES string of the molecule is CCNCc1ccn(-c2cccc(C)c2F)n1. The molecule has 1 N–H and O–H groups in total. The Balaban J connectivity index is 2.27. The van der Waals surface area contributed by atoms with Gasteiger partial charge in [-0.2, -0.15) is 5.10 Å². The third kappa shape index (κ3) is 2.53. The van der Waals surface area contributed by atoms with Crippen molar-refractivity contribution in [1.29, 1.82) is 0 Å². The molecule has 0 atom stereocenters. The van der Waals surface area contributed by atoms with E-state index < -0.39 is 0 Å². The van der Waals surface area contributed by atoms with Crippen molar-refractivity contribution in [1.82, 2.24) is 15.1 Å². The summed E-state index contributed by atoms with van der Waals surface area (Å²) in [5, 5.41) is 7.52. The van der Waals surface area contributed by atoms with Gasteiger partial charge in [-0.05, 0) is 31.2 Å². The lowest BCUT2D eigenvalue weighted by molar-refractivity contribution is 0.599. The molecule has 1 aromatic carbocycles. The van der Waals surface area contributed by atoms with E-state index in [0.29, 0.717) is 17.8 Å². The number of nitrogens with one attached hydrogen (secondary N) is 1. The molecule has 0 unspecified atom stereocenters. The topological polar surface area (TPSA) is 29.9 Å². The number of aryl methyl sites for hydroxylation is 1. The third-order valence-electron chi connectivity index (χ3n) is 2.62. The van der Waals surface area contributed by atoms with E-state index in [1.165, 1.54) is 0 Å². The highest BCUT2D eigenvalue weighted by Gasteiger charge is 2.08. The molecule has 0 aliphatic rings. The highest BCUT2D eigenvalue weighted by Crippen LogP contribution is 2.16. The lowest BCUT2D eigenvalue weighted by atomic mass is 10.2. The Morgan fingerprint density at radius 1 is 1.35 bits per heavy atom. The van der Waals surface area contributed by atoms with Crippen molar-refractivity contribution >= 4 is 0 Å². The van der Waals surface area contributed by atoms with E-state index in [4.69, 9.17) is 0 Å². The highest BCUT2D eigenvalue weighted by molar-refractivity contribution is 5.36. The van der Waals surface area contributed by atoms with Crippen LogP contribution in [0.2, 0.25) is 0 Å². The minimum absolute atomic E-state index is 0.217. The third-order valence-corrected chi connectivity index (χ3v) is 2.62. The van der Waals surface area contributed by atoms with Gasteiger partial charge in [0.25, 0.3) is 0 Å². The van der Waals surface area contributed by atoms with Gasteiger partial charge < -0.3 is 5.32 Å². The van der Waals surface area contributed by atoms with Gasteiger partial charge in [0.05, 0.1) is 5.69 Å². The number of benzene rings is 1. The highest BCUT2D eigenvalue weighted by atomic mass is 19.1. The van der Waals surface area contributed by atoms with E-state index in [-0.39, 0.29) is 5.82 Å². The molecular formula is C13H16FN3. The molecule has 90 valence electrons. The molecule has 0 aliphatic carbocycles. The van der Waals surface area contributed by atoms with Crippen LogP contribution in [-0.4, -0.2) is 16.3 Å². The van der Waals surface area contributed by atoms with Crippen molar-refractivity contribution < 1.29 is 4.39 Å². The first-order valence-corrected chi connectivity index (χ1v) is 5.73. The van der Waals surface area contributed by atoms with Crippen molar-refractivity contribution in [3.8, 4) is 5.69 Å². The Morgan fingerprint density at radius 2 is 2.18 bits per heavy atom. The Labute approximate surface area is 100 Å². The van der Waals surface area contributed by atoms with Crippen LogP contribution in [0.3, 0.4) is 0 Å². The maximum atomic E-state index is 13.9. The lowest BCUT2D eigenvalue weighted by Crippen LogP contribution is -2.12. The van der Waals surface area contributed by atoms with E-state index in [1.54, 1.807) is 29.9 Å². The fourth-order valence-electron chi connectivity index (χ4n) is 1.65. The second-order valence-electron chi connectivity index (χ2n) is 3.94. The zero-order valence-corrected chi connectivity index (χ0v) is 10.1. The standard InChI is InChI=1S/C13H16FN3/c1-3-15-9-11-7-8-17(16-11)12-6-4-5-10(2)13(12)14/h4-8,15H,3,9H2,1-2H3. The van der Waals surface area contributed by atoms with Gasteiger partial charge in [-0.1, -0.05) is 19.1 Å². The van der Waals surface area contributed by atoms with E-state index in [9.17, 15) is 4.39 Å². The molecule has 2 aromatic rings. The molecular weight excluding hydrogens is 217 g/mol. The molecule has 17 heavy (non-hydrogen) atoms. The molecule has 1 heterocycles. The van der Waals surface area contributed by atoms with Crippen LogP contribution in [0.25, 0.3) is 5.69 Å².